The van der Waals surface area contributed by atoms with E-state index in [1.165, 1.54) is 10.3 Å². The molecule has 0 unspecified atom stereocenters. The van der Waals surface area contributed by atoms with E-state index in [-0.39, 0.29) is 0 Å². The standard InChI is InChI=1S/C62H46N4S/c1-45-22-43-61-60(44-45)63-62(67-61)50-31-41-59(42-32-50)66(57-37-27-48(28-38-57)46-23-33-55(34-24-46)64(51-14-6-2-7-15-51)52-16-8-3-9-17-52)58-39-29-49(30-40-58)47-25-35-56(36-26-47)65(53-18-10-4-11-19-53)54-20-12-5-13-21-54/h2-44H,1H3. The van der Waals surface area contributed by atoms with E-state index in [1.807, 2.05) is 0 Å². The van der Waals surface area contributed by atoms with Crippen molar-refractivity contribution in [2.45, 2.75) is 6.92 Å². The number of anilines is 9. The molecule has 0 aliphatic carbocycles. The number of hydrogen-bond donors (Lipinski definition) is 0. The fourth-order valence-electron chi connectivity index (χ4n) is 8.78. The molecule has 0 aliphatic rings. The lowest BCUT2D eigenvalue weighted by Gasteiger charge is -2.26. The number of hydrogen-bond acceptors (Lipinski definition) is 5. The largest absolute Gasteiger partial charge is 0.311 e. The molecule has 320 valence electrons. The molecular weight excluding hydrogens is 833 g/mol. The van der Waals surface area contributed by atoms with Crippen LogP contribution in [-0.2, 0) is 0 Å². The molecule has 0 amide bonds. The van der Waals surface area contributed by atoms with Crippen molar-refractivity contribution in [2.24, 2.45) is 0 Å². The van der Waals surface area contributed by atoms with Crippen molar-refractivity contribution in [1.82, 2.24) is 4.98 Å². The highest BCUT2D eigenvalue weighted by atomic mass is 32.1. The topological polar surface area (TPSA) is 22.6 Å². The summed E-state index contributed by atoms with van der Waals surface area (Å²) < 4.78 is 1.20. The van der Waals surface area contributed by atoms with Crippen LogP contribution in [0.15, 0.2) is 261 Å². The second kappa shape index (κ2) is 18.5. The summed E-state index contributed by atoms with van der Waals surface area (Å²) in [6.07, 6.45) is 0. The van der Waals surface area contributed by atoms with Gasteiger partial charge in [0.05, 0.1) is 10.2 Å². The molecule has 0 spiro atoms. The number of fused-ring (bicyclic) bond motifs is 1. The van der Waals surface area contributed by atoms with Gasteiger partial charge in [0.1, 0.15) is 5.01 Å². The lowest BCUT2D eigenvalue weighted by atomic mass is 10.0. The lowest BCUT2D eigenvalue weighted by molar-refractivity contribution is 1.28. The van der Waals surface area contributed by atoms with Gasteiger partial charge < -0.3 is 14.7 Å². The summed E-state index contributed by atoms with van der Waals surface area (Å²) in [4.78, 5) is 11.9. The minimum atomic E-state index is 1.02. The molecule has 0 atom stereocenters. The Morgan fingerprint density at radius 3 is 0.851 bits per heavy atom. The molecule has 67 heavy (non-hydrogen) atoms. The highest BCUT2D eigenvalue weighted by Gasteiger charge is 2.17. The van der Waals surface area contributed by atoms with Crippen molar-refractivity contribution in [3.8, 4) is 32.8 Å². The highest BCUT2D eigenvalue weighted by molar-refractivity contribution is 7.21. The molecule has 0 aliphatic heterocycles. The third-order valence-electron chi connectivity index (χ3n) is 12.1. The monoisotopic (exact) mass is 878 g/mol. The number of aromatic nitrogens is 1. The molecule has 0 N–H and O–H groups in total. The Bertz CT molecular complexity index is 3110. The molecule has 5 heteroatoms. The number of nitrogens with zero attached hydrogens (tertiary/aromatic N) is 4. The van der Waals surface area contributed by atoms with Gasteiger partial charge in [-0.05, 0) is 168 Å². The number of para-hydroxylation sites is 4. The van der Waals surface area contributed by atoms with E-state index in [9.17, 15) is 0 Å². The van der Waals surface area contributed by atoms with Crippen LogP contribution in [0, 0.1) is 6.92 Å². The summed E-state index contributed by atoms with van der Waals surface area (Å²) in [5, 5.41) is 1.02. The maximum atomic E-state index is 5.00. The summed E-state index contributed by atoms with van der Waals surface area (Å²) in [5.74, 6) is 0. The Balaban J connectivity index is 0.903. The van der Waals surface area contributed by atoms with Crippen LogP contribution >= 0.6 is 11.3 Å². The highest BCUT2D eigenvalue weighted by Crippen LogP contribution is 2.41. The van der Waals surface area contributed by atoms with Crippen molar-refractivity contribution >= 4 is 72.7 Å². The maximum Gasteiger partial charge on any atom is 0.124 e. The fourth-order valence-corrected chi connectivity index (χ4v) is 9.73. The van der Waals surface area contributed by atoms with Crippen molar-refractivity contribution in [3.63, 3.8) is 0 Å². The van der Waals surface area contributed by atoms with Crippen molar-refractivity contribution in [3.05, 3.63) is 266 Å². The summed E-state index contributed by atoms with van der Waals surface area (Å²) in [7, 11) is 0. The Labute approximate surface area is 396 Å². The molecule has 11 aromatic rings. The molecule has 1 heterocycles. The van der Waals surface area contributed by atoms with Gasteiger partial charge in [-0.25, -0.2) is 4.98 Å². The molecule has 11 rings (SSSR count). The minimum absolute atomic E-state index is 1.02. The van der Waals surface area contributed by atoms with Crippen LogP contribution in [0.25, 0.3) is 43.0 Å². The maximum absolute atomic E-state index is 5.00. The van der Waals surface area contributed by atoms with Crippen molar-refractivity contribution in [2.75, 3.05) is 14.7 Å². The SMILES string of the molecule is Cc1ccc2sc(-c3ccc(N(c4ccc(-c5ccc(N(c6ccccc6)c6ccccc6)cc5)cc4)c4ccc(-c5ccc(N(c6ccccc6)c6ccccc6)cc5)cc4)cc3)nc2c1. The van der Waals surface area contributed by atoms with Gasteiger partial charge in [0, 0.05) is 56.7 Å². The Kier molecular flexibility index (Phi) is 11.4. The van der Waals surface area contributed by atoms with Gasteiger partial charge in [-0.15, -0.1) is 11.3 Å². The first-order valence-corrected chi connectivity index (χ1v) is 23.4. The van der Waals surface area contributed by atoms with Gasteiger partial charge in [0.2, 0.25) is 0 Å². The van der Waals surface area contributed by atoms with Crippen LogP contribution in [0.4, 0.5) is 51.2 Å². The molecule has 0 saturated heterocycles. The average Bonchev–Trinajstić information content (AvgIpc) is 3.82. The van der Waals surface area contributed by atoms with E-state index >= 15 is 0 Å². The number of rotatable bonds is 12. The van der Waals surface area contributed by atoms with E-state index in [0.717, 1.165) is 89.5 Å². The quantitative estimate of drug-likeness (QED) is 0.122. The summed E-state index contributed by atoms with van der Waals surface area (Å²) >= 11 is 1.73. The fraction of sp³-hybridized carbons (Fsp3) is 0.0161. The third kappa shape index (κ3) is 8.72. The van der Waals surface area contributed by atoms with E-state index in [4.69, 9.17) is 4.98 Å². The van der Waals surface area contributed by atoms with Crippen LogP contribution in [0.2, 0.25) is 0 Å². The van der Waals surface area contributed by atoms with Crippen molar-refractivity contribution in [1.29, 1.82) is 0 Å². The Morgan fingerprint density at radius 2 is 0.552 bits per heavy atom. The first kappa shape index (κ1) is 41.2. The zero-order valence-corrected chi connectivity index (χ0v) is 37.8. The predicted octanol–water partition coefficient (Wildman–Crippen LogP) is 18.0. The molecule has 0 fully saturated rings. The normalized spacial score (nSPS) is 11.1. The Morgan fingerprint density at radius 1 is 0.284 bits per heavy atom. The molecule has 10 aromatic carbocycles. The summed E-state index contributed by atoms with van der Waals surface area (Å²) in [6, 6.07) is 92.9. The van der Waals surface area contributed by atoms with Crippen LogP contribution in [0.3, 0.4) is 0 Å². The van der Waals surface area contributed by atoms with E-state index < -0.39 is 0 Å². The molecule has 1 aromatic heterocycles. The van der Waals surface area contributed by atoms with E-state index in [1.54, 1.807) is 11.3 Å². The lowest BCUT2D eigenvalue weighted by Crippen LogP contribution is -2.10. The van der Waals surface area contributed by atoms with Crippen LogP contribution in [-0.4, -0.2) is 4.98 Å². The van der Waals surface area contributed by atoms with Crippen LogP contribution in [0.1, 0.15) is 5.56 Å². The molecule has 0 radical (unpaired) electrons. The van der Waals surface area contributed by atoms with Gasteiger partial charge in [-0.2, -0.15) is 0 Å². The number of thiazole rings is 1. The number of aryl methyl sites for hydroxylation is 1. The zero-order chi connectivity index (χ0) is 44.9. The van der Waals surface area contributed by atoms with Gasteiger partial charge in [-0.1, -0.05) is 127 Å². The molecule has 0 saturated carbocycles. The van der Waals surface area contributed by atoms with Crippen LogP contribution in [0.5, 0.6) is 0 Å². The van der Waals surface area contributed by atoms with E-state index in [2.05, 4.69) is 282 Å². The minimum Gasteiger partial charge on any atom is -0.311 e. The van der Waals surface area contributed by atoms with E-state index in [0.29, 0.717) is 0 Å². The van der Waals surface area contributed by atoms with Crippen LogP contribution < -0.4 is 14.7 Å². The second-order valence-corrected chi connectivity index (χ2v) is 17.6. The smallest absolute Gasteiger partial charge is 0.124 e. The zero-order valence-electron chi connectivity index (χ0n) is 37.0. The molecular formula is C62H46N4S. The molecule has 0 bridgehead atoms. The van der Waals surface area contributed by atoms with Gasteiger partial charge >= 0.3 is 0 Å². The van der Waals surface area contributed by atoms with Gasteiger partial charge in [-0.3, -0.25) is 0 Å². The second-order valence-electron chi connectivity index (χ2n) is 16.6. The van der Waals surface area contributed by atoms with Gasteiger partial charge in [0.15, 0.2) is 0 Å². The molecule has 4 nitrogen and oxygen atoms in total. The first-order valence-electron chi connectivity index (χ1n) is 22.6. The third-order valence-corrected chi connectivity index (χ3v) is 13.2. The first-order chi connectivity index (χ1) is 33.1. The summed E-state index contributed by atoms with van der Waals surface area (Å²) in [6.45, 7) is 2.12. The van der Waals surface area contributed by atoms with Crippen molar-refractivity contribution < 1.29 is 0 Å². The number of benzene rings is 10. The summed E-state index contributed by atoms with van der Waals surface area (Å²) in [5.41, 5.74) is 17.9. The van der Waals surface area contributed by atoms with Gasteiger partial charge in [0.25, 0.3) is 0 Å². The predicted molar refractivity (Wildman–Crippen MR) is 285 cm³/mol. The average molecular weight is 879 g/mol. The Hall–Kier alpha value is -8.51.